The number of benzene rings is 2. The molecule has 2 aromatic rings. The summed E-state index contributed by atoms with van der Waals surface area (Å²) in [5.74, 6) is -0.434. The van der Waals surface area contributed by atoms with Gasteiger partial charge < -0.3 is 10.2 Å². The lowest BCUT2D eigenvalue weighted by Gasteiger charge is -2.23. The van der Waals surface area contributed by atoms with Crippen LogP contribution in [0.1, 0.15) is 40.7 Å². The molecule has 1 aliphatic rings. The van der Waals surface area contributed by atoms with Gasteiger partial charge in [-0.1, -0.05) is 29.8 Å². The number of halogens is 1. The molecule has 4 nitrogen and oxygen atoms in total. The Morgan fingerprint density at radius 3 is 2.54 bits per heavy atom. The predicted molar refractivity (Wildman–Crippen MR) is 98.1 cm³/mol. The van der Waals surface area contributed by atoms with Crippen LogP contribution in [0.15, 0.2) is 48.5 Å². The molecule has 0 unspecified atom stereocenters. The summed E-state index contributed by atoms with van der Waals surface area (Å²) in [4.78, 5) is 26.6. The summed E-state index contributed by atoms with van der Waals surface area (Å²) >= 11 is 0. The van der Waals surface area contributed by atoms with Crippen molar-refractivity contribution in [1.29, 1.82) is 0 Å². The van der Waals surface area contributed by atoms with E-state index in [4.69, 9.17) is 0 Å². The van der Waals surface area contributed by atoms with Crippen LogP contribution in [0.25, 0.3) is 0 Å². The van der Waals surface area contributed by atoms with Gasteiger partial charge in [-0.05, 0) is 49.6 Å². The second-order valence-corrected chi connectivity index (χ2v) is 6.75. The predicted octanol–water partition coefficient (Wildman–Crippen LogP) is 3.45. The van der Waals surface area contributed by atoms with Crippen molar-refractivity contribution in [2.24, 2.45) is 0 Å². The molecular weight excluding hydrogens is 331 g/mol. The van der Waals surface area contributed by atoms with Gasteiger partial charge in [-0.3, -0.25) is 9.59 Å². The lowest BCUT2D eigenvalue weighted by molar-refractivity contribution is -0.132. The van der Waals surface area contributed by atoms with Crippen molar-refractivity contribution in [3.8, 4) is 0 Å². The third-order valence-electron chi connectivity index (χ3n) is 4.48. The topological polar surface area (TPSA) is 49.4 Å². The molecule has 26 heavy (non-hydrogen) atoms. The summed E-state index contributed by atoms with van der Waals surface area (Å²) in [5.41, 5.74) is 2.53. The van der Waals surface area contributed by atoms with Crippen LogP contribution in [-0.2, 0) is 11.3 Å². The quantitative estimate of drug-likeness (QED) is 0.828. The maximum atomic E-state index is 13.0. The zero-order valence-electron chi connectivity index (χ0n) is 14.9. The van der Waals surface area contributed by atoms with Crippen LogP contribution in [0, 0.1) is 12.7 Å². The van der Waals surface area contributed by atoms with Gasteiger partial charge in [-0.15, -0.1) is 0 Å². The first-order valence-electron chi connectivity index (χ1n) is 8.92. The first-order chi connectivity index (χ1) is 12.5. The molecule has 136 valence electrons. The van der Waals surface area contributed by atoms with Crippen molar-refractivity contribution in [3.05, 3.63) is 71.0 Å². The van der Waals surface area contributed by atoms with E-state index >= 15 is 0 Å². The van der Waals surface area contributed by atoms with Gasteiger partial charge in [-0.25, -0.2) is 4.39 Å². The molecule has 1 N–H and O–H groups in total. The summed E-state index contributed by atoms with van der Waals surface area (Å²) < 4.78 is 13.0. The maximum absolute atomic E-state index is 13.0. The number of nitrogens with zero attached hydrogens (tertiary/aromatic N) is 1. The van der Waals surface area contributed by atoms with E-state index in [2.05, 4.69) is 5.32 Å². The first-order valence-corrected chi connectivity index (χ1v) is 8.92. The van der Waals surface area contributed by atoms with Crippen molar-refractivity contribution in [2.75, 3.05) is 6.54 Å². The van der Waals surface area contributed by atoms with Crippen molar-refractivity contribution in [1.82, 2.24) is 10.2 Å². The number of hydrogen-bond acceptors (Lipinski definition) is 2. The number of carbonyl (C=O) groups is 2. The zero-order chi connectivity index (χ0) is 18.5. The molecule has 0 aliphatic heterocycles. The summed E-state index contributed by atoms with van der Waals surface area (Å²) in [6, 6.07) is 13.8. The van der Waals surface area contributed by atoms with Crippen molar-refractivity contribution < 1.29 is 14.0 Å². The normalized spacial score (nSPS) is 13.3. The van der Waals surface area contributed by atoms with Crippen LogP contribution < -0.4 is 5.32 Å². The van der Waals surface area contributed by atoms with E-state index in [1.807, 2.05) is 30.0 Å². The van der Waals surface area contributed by atoms with E-state index < -0.39 is 0 Å². The highest BCUT2D eigenvalue weighted by Gasteiger charge is 2.32. The fraction of sp³-hybridized carbons (Fsp3) is 0.333. The Hall–Kier alpha value is -2.69. The second-order valence-electron chi connectivity index (χ2n) is 6.75. The Bertz CT molecular complexity index is 785. The molecule has 0 atom stereocenters. The number of amides is 2. The minimum Gasteiger partial charge on any atom is -0.352 e. The van der Waals surface area contributed by atoms with Crippen molar-refractivity contribution in [2.45, 2.75) is 38.8 Å². The van der Waals surface area contributed by atoms with E-state index in [1.165, 1.54) is 12.1 Å². The van der Waals surface area contributed by atoms with Crippen molar-refractivity contribution >= 4 is 11.8 Å². The zero-order valence-corrected chi connectivity index (χ0v) is 14.9. The molecular formula is C21H23FN2O2. The smallest absolute Gasteiger partial charge is 0.251 e. The van der Waals surface area contributed by atoms with Crippen LogP contribution >= 0.6 is 0 Å². The summed E-state index contributed by atoms with van der Waals surface area (Å²) in [6.45, 7) is 2.72. The number of aryl methyl sites for hydroxylation is 1. The third-order valence-corrected chi connectivity index (χ3v) is 4.48. The van der Waals surface area contributed by atoms with E-state index in [9.17, 15) is 14.0 Å². The van der Waals surface area contributed by atoms with Gasteiger partial charge in [0.1, 0.15) is 5.82 Å². The molecule has 0 saturated heterocycles. The standard InChI is InChI=1S/C21H23FN2O2/c1-15-3-2-4-17(13-15)21(26)23-12-11-20(25)24(19-9-10-19)14-16-5-7-18(22)8-6-16/h2-8,13,19H,9-12,14H2,1H3,(H,23,26). The number of hydrogen-bond donors (Lipinski definition) is 1. The second kappa shape index (κ2) is 8.13. The van der Waals surface area contributed by atoms with E-state index in [1.54, 1.807) is 18.2 Å². The Balaban J connectivity index is 1.52. The molecule has 2 aromatic carbocycles. The summed E-state index contributed by atoms with van der Waals surface area (Å²) in [7, 11) is 0. The summed E-state index contributed by atoms with van der Waals surface area (Å²) in [5, 5.41) is 2.81. The first kappa shape index (κ1) is 18.1. The van der Waals surface area contributed by atoms with E-state index in [0.29, 0.717) is 18.7 Å². The van der Waals surface area contributed by atoms with Crippen molar-refractivity contribution in [3.63, 3.8) is 0 Å². The number of carbonyl (C=O) groups excluding carboxylic acids is 2. The van der Waals surface area contributed by atoms with Gasteiger partial charge in [0.05, 0.1) is 0 Å². The highest BCUT2D eigenvalue weighted by atomic mass is 19.1. The maximum Gasteiger partial charge on any atom is 0.251 e. The van der Waals surface area contributed by atoms with Crippen LogP contribution in [0.3, 0.4) is 0 Å². The Kier molecular flexibility index (Phi) is 5.66. The molecule has 0 spiro atoms. The minimum atomic E-state index is -0.281. The Morgan fingerprint density at radius 2 is 1.88 bits per heavy atom. The fourth-order valence-electron chi connectivity index (χ4n) is 2.91. The molecule has 1 aliphatic carbocycles. The van der Waals surface area contributed by atoms with Gasteiger partial charge in [0.25, 0.3) is 5.91 Å². The molecule has 0 radical (unpaired) electrons. The number of rotatable bonds is 7. The highest BCUT2D eigenvalue weighted by molar-refractivity contribution is 5.94. The van der Waals surface area contributed by atoms with Crippen LogP contribution in [0.5, 0.6) is 0 Å². The molecule has 0 bridgehead atoms. The average molecular weight is 354 g/mol. The van der Waals surface area contributed by atoms with Gasteiger partial charge in [0, 0.05) is 31.1 Å². The summed E-state index contributed by atoms with van der Waals surface area (Å²) in [6.07, 6.45) is 2.26. The molecule has 0 aromatic heterocycles. The monoisotopic (exact) mass is 354 g/mol. The van der Waals surface area contributed by atoms with Crippen LogP contribution in [-0.4, -0.2) is 29.3 Å². The lowest BCUT2D eigenvalue weighted by atomic mass is 10.1. The average Bonchev–Trinajstić information content (AvgIpc) is 3.46. The van der Waals surface area contributed by atoms with Gasteiger partial charge in [0.15, 0.2) is 0 Å². The minimum absolute atomic E-state index is 0.0152. The SMILES string of the molecule is Cc1cccc(C(=O)NCCC(=O)N(Cc2ccc(F)cc2)C2CC2)c1. The van der Waals surface area contributed by atoms with E-state index in [0.717, 1.165) is 24.0 Å². The number of nitrogens with one attached hydrogen (secondary N) is 1. The molecule has 0 heterocycles. The van der Waals surface area contributed by atoms with Gasteiger partial charge in [0.2, 0.25) is 5.91 Å². The van der Waals surface area contributed by atoms with Gasteiger partial charge in [-0.2, -0.15) is 0 Å². The molecule has 3 rings (SSSR count). The molecule has 5 heteroatoms. The largest absolute Gasteiger partial charge is 0.352 e. The van der Waals surface area contributed by atoms with E-state index in [-0.39, 0.29) is 30.1 Å². The van der Waals surface area contributed by atoms with Crippen LogP contribution in [0.2, 0.25) is 0 Å². The third kappa shape index (κ3) is 4.91. The molecule has 1 fully saturated rings. The Labute approximate surface area is 153 Å². The molecule has 1 saturated carbocycles. The lowest BCUT2D eigenvalue weighted by Crippen LogP contribution is -2.35. The van der Waals surface area contributed by atoms with Crippen LogP contribution in [0.4, 0.5) is 4.39 Å². The molecule has 2 amide bonds. The fourth-order valence-corrected chi connectivity index (χ4v) is 2.91. The Morgan fingerprint density at radius 1 is 1.15 bits per heavy atom. The van der Waals surface area contributed by atoms with Gasteiger partial charge >= 0.3 is 0 Å². The highest BCUT2D eigenvalue weighted by Crippen LogP contribution is 2.29.